The zero-order valence-corrected chi connectivity index (χ0v) is 13.5. The van der Waals surface area contributed by atoms with Crippen LogP contribution in [0.1, 0.15) is 25.3 Å². The molecular weight excluding hydrogens is 288 g/mol. The lowest BCUT2D eigenvalue weighted by molar-refractivity contribution is -0.116. The predicted octanol–water partition coefficient (Wildman–Crippen LogP) is 3.59. The third-order valence-corrected chi connectivity index (χ3v) is 3.34. The van der Waals surface area contributed by atoms with E-state index in [2.05, 4.69) is 17.6 Å². The molecule has 23 heavy (non-hydrogen) atoms. The van der Waals surface area contributed by atoms with E-state index >= 15 is 0 Å². The van der Waals surface area contributed by atoms with Crippen molar-refractivity contribution in [2.75, 3.05) is 18.4 Å². The fourth-order valence-electron chi connectivity index (χ4n) is 2.10. The number of hydrogen-bond donors (Lipinski definition) is 2. The molecule has 0 unspecified atom stereocenters. The van der Waals surface area contributed by atoms with Gasteiger partial charge in [0.05, 0.1) is 0 Å². The Bertz CT molecular complexity index is 582. The van der Waals surface area contributed by atoms with Crippen molar-refractivity contribution < 1.29 is 9.53 Å². The molecule has 0 aromatic heterocycles. The second-order valence-electron chi connectivity index (χ2n) is 5.35. The van der Waals surface area contributed by atoms with Crippen molar-refractivity contribution in [2.45, 2.75) is 26.4 Å². The molecule has 0 aliphatic rings. The van der Waals surface area contributed by atoms with Crippen molar-refractivity contribution in [1.29, 1.82) is 0 Å². The number of hydrogen-bond acceptors (Lipinski definition) is 3. The van der Waals surface area contributed by atoms with Gasteiger partial charge >= 0.3 is 0 Å². The van der Waals surface area contributed by atoms with E-state index in [9.17, 15) is 4.79 Å². The lowest BCUT2D eigenvalue weighted by atomic mass is 10.2. The molecular formula is C19H24N2O2. The second kappa shape index (κ2) is 9.64. The zero-order chi connectivity index (χ0) is 16.3. The van der Waals surface area contributed by atoms with Gasteiger partial charge in [-0.25, -0.2) is 0 Å². The van der Waals surface area contributed by atoms with Gasteiger partial charge in [-0.2, -0.15) is 0 Å². The van der Waals surface area contributed by atoms with Crippen LogP contribution in [-0.4, -0.2) is 19.0 Å². The van der Waals surface area contributed by atoms with Crippen LogP contribution in [0.2, 0.25) is 0 Å². The van der Waals surface area contributed by atoms with Gasteiger partial charge in [0.15, 0.2) is 0 Å². The molecule has 0 spiro atoms. The van der Waals surface area contributed by atoms with E-state index in [4.69, 9.17) is 4.74 Å². The standard InChI is InChI=1S/C19H24N2O2/c1-2-13-20-14-12-19(22)21-17-8-10-18(11-9-17)23-15-16-6-4-3-5-7-16/h3-11,20H,2,12-15H2,1H3,(H,21,22). The van der Waals surface area contributed by atoms with E-state index in [-0.39, 0.29) is 5.91 Å². The molecule has 0 aliphatic carbocycles. The molecule has 2 N–H and O–H groups in total. The van der Waals surface area contributed by atoms with Gasteiger partial charge < -0.3 is 15.4 Å². The van der Waals surface area contributed by atoms with E-state index in [1.165, 1.54) is 0 Å². The normalized spacial score (nSPS) is 10.3. The van der Waals surface area contributed by atoms with Crippen LogP contribution in [0.4, 0.5) is 5.69 Å². The Morgan fingerprint density at radius 1 is 1.00 bits per heavy atom. The van der Waals surface area contributed by atoms with Crippen LogP contribution in [0, 0.1) is 0 Å². The summed E-state index contributed by atoms with van der Waals surface area (Å²) >= 11 is 0. The minimum Gasteiger partial charge on any atom is -0.489 e. The molecule has 0 radical (unpaired) electrons. The van der Waals surface area contributed by atoms with Crippen LogP contribution < -0.4 is 15.4 Å². The first-order valence-corrected chi connectivity index (χ1v) is 8.05. The highest BCUT2D eigenvalue weighted by molar-refractivity contribution is 5.90. The summed E-state index contributed by atoms with van der Waals surface area (Å²) in [7, 11) is 0. The van der Waals surface area contributed by atoms with Gasteiger partial charge in [-0.3, -0.25) is 4.79 Å². The van der Waals surface area contributed by atoms with Gasteiger partial charge in [0, 0.05) is 18.7 Å². The summed E-state index contributed by atoms with van der Waals surface area (Å²) in [6.07, 6.45) is 1.55. The summed E-state index contributed by atoms with van der Waals surface area (Å²) in [5.74, 6) is 0.808. The van der Waals surface area contributed by atoms with Crippen LogP contribution in [0.3, 0.4) is 0 Å². The number of rotatable bonds is 9. The summed E-state index contributed by atoms with van der Waals surface area (Å²) in [6.45, 7) is 4.29. The van der Waals surface area contributed by atoms with Gasteiger partial charge in [0.2, 0.25) is 5.91 Å². The molecule has 4 heteroatoms. The molecule has 0 aliphatic heterocycles. The third kappa shape index (κ3) is 6.53. The Morgan fingerprint density at radius 2 is 1.74 bits per heavy atom. The van der Waals surface area contributed by atoms with E-state index in [0.717, 1.165) is 30.0 Å². The first-order valence-electron chi connectivity index (χ1n) is 8.05. The second-order valence-corrected chi connectivity index (χ2v) is 5.35. The Morgan fingerprint density at radius 3 is 2.43 bits per heavy atom. The fraction of sp³-hybridized carbons (Fsp3) is 0.316. The largest absolute Gasteiger partial charge is 0.489 e. The number of carbonyl (C=O) groups excluding carboxylic acids is 1. The average molecular weight is 312 g/mol. The van der Waals surface area contributed by atoms with E-state index in [1.807, 2.05) is 54.6 Å². The third-order valence-electron chi connectivity index (χ3n) is 3.34. The molecule has 1 amide bonds. The Hall–Kier alpha value is -2.33. The quantitative estimate of drug-likeness (QED) is 0.696. The molecule has 2 rings (SSSR count). The lowest BCUT2D eigenvalue weighted by Gasteiger charge is -2.09. The number of carbonyl (C=O) groups is 1. The van der Waals surface area contributed by atoms with E-state index in [0.29, 0.717) is 19.6 Å². The molecule has 0 atom stereocenters. The van der Waals surface area contributed by atoms with Crippen LogP contribution in [0.15, 0.2) is 54.6 Å². The first-order chi connectivity index (χ1) is 11.3. The highest BCUT2D eigenvalue weighted by Gasteiger charge is 2.02. The number of ether oxygens (including phenoxy) is 1. The van der Waals surface area contributed by atoms with Crippen molar-refractivity contribution >= 4 is 11.6 Å². The molecule has 4 nitrogen and oxygen atoms in total. The van der Waals surface area contributed by atoms with Gasteiger partial charge in [-0.1, -0.05) is 37.3 Å². The van der Waals surface area contributed by atoms with Crippen LogP contribution in [0.25, 0.3) is 0 Å². The minimum atomic E-state index is 0.0200. The summed E-state index contributed by atoms with van der Waals surface area (Å²) in [6, 6.07) is 17.5. The van der Waals surface area contributed by atoms with Crippen molar-refractivity contribution in [3.8, 4) is 5.75 Å². The SMILES string of the molecule is CCCNCCC(=O)Nc1ccc(OCc2ccccc2)cc1. The van der Waals surface area contributed by atoms with Crippen LogP contribution >= 0.6 is 0 Å². The number of anilines is 1. The van der Waals surface area contributed by atoms with Gasteiger partial charge in [0.25, 0.3) is 0 Å². The molecule has 122 valence electrons. The maximum atomic E-state index is 11.8. The highest BCUT2D eigenvalue weighted by Crippen LogP contribution is 2.17. The summed E-state index contributed by atoms with van der Waals surface area (Å²) in [5.41, 5.74) is 1.92. The van der Waals surface area contributed by atoms with Crippen LogP contribution in [-0.2, 0) is 11.4 Å². The maximum Gasteiger partial charge on any atom is 0.225 e. The summed E-state index contributed by atoms with van der Waals surface area (Å²) < 4.78 is 5.72. The molecule has 0 heterocycles. The maximum absolute atomic E-state index is 11.8. The Kier molecular flexibility index (Phi) is 7.14. The molecule has 2 aromatic rings. The molecule has 2 aromatic carbocycles. The zero-order valence-electron chi connectivity index (χ0n) is 13.5. The van der Waals surface area contributed by atoms with Crippen molar-refractivity contribution in [3.63, 3.8) is 0 Å². The fourth-order valence-corrected chi connectivity index (χ4v) is 2.10. The number of benzene rings is 2. The smallest absolute Gasteiger partial charge is 0.225 e. The summed E-state index contributed by atoms with van der Waals surface area (Å²) in [4.78, 5) is 11.8. The molecule has 0 bridgehead atoms. The Labute approximate surface area is 137 Å². The minimum absolute atomic E-state index is 0.0200. The Balaban J connectivity index is 1.74. The number of nitrogens with one attached hydrogen (secondary N) is 2. The van der Waals surface area contributed by atoms with Gasteiger partial charge in [0.1, 0.15) is 12.4 Å². The first kappa shape index (κ1) is 17.0. The topological polar surface area (TPSA) is 50.4 Å². The highest BCUT2D eigenvalue weighted by atomic mass is 16.5. The van der Waals surface area contributed by atoms with Crippen LogP contribution in [0.5, 0.6) is 5.75 Å². The average Bonchev–Trinajstić information content (AvgIpc) is 2.59. The predicted molar refractivity (Wildman–Crippen MR) is 93.6 cm³/mol. The van der Waals surface area contributed by atoms with Gasteiger partial charge in [-0.05, 0) is 42.8 Å². The van der Waals surface area contributed by atoms with Gasteiger partial charge in [-0.15, -0.1) is 0 Å². The van der Waals surface area contributed by atoms with Crippen molar-refractivity contribution in [2.24, 2.45) is 0 Å². The van der Waals surface area contributed by atoms with E-state index in [1.54, 1.807) is 0 Å². The van der Waals surface area contributed by atoms with Crippen molar-refractivity contribution in [3.05, 3.63) is 60.2 Å². The molecule has 0 fully saturated rings. The monoisotopic (exact) mass is 312 g/mol. The molecule has 0 saturated carbocycles. The molecule has 0 saturated heterocycles. The summed E-state index contributed by atoms with van der Waals surface area (Å²) in [5, 5.41) is 6.10. The lowest BCUT2D eigenvalue weighted by Crippen LogP contribution is -2.22. The number of amides is 1. The van der Waals surface area contributed by atoms with Crippen molar-refractivity contribution in [1.82, 2.24) is 5.32 Å². The van der Waals surface area contributed by atoms with E-state index < -0.39 is 0 Å².